The minimum Gasteiger partial charge on any atom is -0.380 e. The molecule has 0 saturated carbocycles. The van der Waals surface area contributed by atoms with Gasteiger partial charge in [0.05, 0.1) is 12.2 Å². The minimum absolute atomic E-state index is 0.520. The predicted molar refractivity (Wildman–Crippen MR) is 99.0 cm³/mol. The molecular formula is C20H22N4O2. The summed E-state index contributed by atoms with van der Waals surface area (Å²) in [5.74, 6) is 2.20. The fourth-order valence-corrected chi connectivity index (χ4v) is 3.05. The van der Waals surface area contributed by atoms with Crippen LogP contribution in [0.4, 0.5) is 5.82 Å². The molecule has 26 heavy (non-hydrogen) atoms. The molecule has 3 aromatic rings. The van der Waals surface area contributed by atoms with E-state index in [1.807, 2.05) is 30.3 Å². The lowest BCUT2D eigenvalue weighted by Gasteiger charge is -2.20. The second-order valence-corrected chi connectivity index (χ2v) is 6.36. The summed E-state index contributed by atoms with van der Waals surface area (Å²) in [6, 6.07) is 14.3. The Balaban J connectivity index is 1.40. The Bertz CT molecular complexity index is 809. The highest BCUT2D eigenvalue weighted by Gasteiger charge is 2.13. The standard InChI is InChI=1S/C20H22N4O2/c1-2-5-16(6-3-1)7-9-18-22-20(26-23-18)17-8-10-19(21-15-17)24-11-4-13-25-14-12-24/h1-3,5-6,8,10,15H,4,7,9,11-14H2. The van der Waals surface area contributed by atoms with Crippen LogP contribution >= 0.6 is 0 Å². The summed E-state index contributed by atoms with van der Waals surface area (Å²) in [4.78, 5) is 11.3. The highest BCUT2D eigenvalue weighted by Crippen LogP contribution is 2.20. The van der Waals surface area contributed by atoms with E-state index in [-0.39, 0.29) is 0 Å². The van der Waals surface area contributed by atoms with Crippen molar-refractivity contribution in [1.82, 2.24) is 15.1 Å². The van der Waals surface area contributed by atoms with Crippen LogP contribution in [-0.4, -0.2) is 41.4 Å². The van der Waals surface area contributed by atoms with E-state index in [4.69, 9.17) is 9.26 Å². The number of hydrogen-bond acceptors (Lipinski definition) is 6. The van der Waals surface area contributed by atoms with Gasteiger partial charge in [-0.1, -0.05) is 35.5 Å². The predicted octanol–water partition coefficient (Wildman–Crippen LogP) is 3.14. The van der Waals surface area contributed by atoms with Gasteiger partial charge in [-0.25, -0.2) is 4.98 Å². The molecule has 1 aromatic carbocycles. The van der Waals surface area contributed by atoms with E-state index in [0.29, 0.717) is 5.89 Å². The molecule has 0 amide bonds. The Morgan fingerprint density at radius 3 is 2.73 bits per heavy atom. The molecule has 4 rings (SSSR count). The molecule has 1 aliphatic rings. The molecule has 6 heteroatoms. The van der Waals surface area contributed by atoms with E-state index in [1.165, 1.54) is 5.56 Å². The first-order chi connectivity index (χ1) is 12.9. The molecule has 6 nitrogen and oxygen atoms in total. The quantitative estimate of drug-likeness (QED) is 0.704. The molecule has 0 spiro atoms. The van der Waals surface area contributed by atoms with Crippen LogP contribution in [0.2, 0.25) is 0 Å². The van der Waals surface area contributed by atoms with Gasteiger partial charge in [-0.3, -0.25) is 0 Å². The first-order valence-corrected chi connectivity index (χ1v) is 9.04. The topological polar surface area (TPSA) is 64.3 Å². The third-order valence-corrected chi connectivity index (χ3v) is 4.49. The molecule has 0 N–H and O–H groups in total. The van der Waals surface area contributed by atoms with Gasteiger partial charge in [-0.15, -0.1) is 0 Å². The minimum atomic E-state index is 0.520. The van der Waals surface area contributed by atoms with E-state index < -0.39 is 0 Å². The third-order valence-electron chi connectivity index (χ3n) is 4.49. The van der Waals surface area contributed by atoms with Gasteiger partial charge in [0.15, 0.2) is 5.82 Å². The van der Waals surface area contributed by atoms with Crippen molar-refractivity contribution in [3.8, 4) is 11.5 Å². The number of aromatic nitrogens is 3. The summed E-state index contributed by atoms with van der Waals surface area (Å²) in [6.45, 7) is 3.41. The van der Waals surface area contributed by atoms with Crippen molar-refractivity contribution < 1.29 is 9.26 Å². The van der Waals surface area contributed by atoms with Crippen LogP contribution in [-0.2, 0) is 17.6 Å². The number of hydrogen-bond donors (Lipinski definition) is 0. The van der Waals surface area contributed by atoms with E-state index >= 15 is 0 Å². The van der Waals surface area contributed by atoms with E-state index in [9.17, 15) is 0 Å². The van der Waals surface area contributed by atoms with Gasteiger partial charge < -0.3 is 14.2 Å². The van der Waals surface area contributed by atoms with Crippen molar-refractivity contribution in [2.75, 3.05) is 31.2 Å². The number of ether oxygens (including phenoxy) is 1. The fraction of sp³-hybridized carbons (Fsp3) is 0.350. The molecule has 3 heterocycles. The SMILES string of the molecule is c1ccc(CCc2noc(-c3ccc(N4CCCOCC4)nc3)n2)cc1. The van der Waals surface area contributed by atoms with Gasteiger partial charge in [0.1, 0.15) is 5.82 Å². The third kappa shape index (κ3) is 4.08. The number of nitrogens with zero attached hydrogens (tertiary/aromatic N) is 4. The van der Waals surface area contributed by atoms with Crippen molar-refractivity contribution >= 4 is 5.82 Å². The van der Waals surface area contributed by atoms with Gasteiger partial charge in [-0.05, 0) is 30.5 Å². The zero-order chi connectivity index (χ0) is 17.6. The molecule has 0 atom stereocenters. The van der Waals surface area contributed by atoms with Gasteiger partial charge in [0.25, 0.3) is 5.89 Å². The largest absolute Gasteiger partial charge is 0.380 e. The van der Waals surface area contributed by atoms with Gasteiger partial charge in [0, 0.05) is 32.3 Å². The second-order valence-electron chi connectivity index (χ2n) is 6.36. The fourth-order valence-electron chi connectivity index (χ4n) is 3.05. The molecule has 2 aromatic heterocycles. The van der Waals surface area contributed by atoms with Crippen LogP contribution in [0.3, 0.4) is 0 Å². The highest BCUT2D eigenvalue weighted by atomic mass is 16.5. The number of pyridine rings is 1. The van der Waals surface area contributed by atoms with Crippen molar-refractivity contribution in [3.05, 3.63) is 60.0 Å². The van der Waals surface area contributed by atoms with Crippen LogP contribution in [0.5, 0.6) is 0 Å². The molecule has 0 radical (unpaired) electrons. The van der Waals surface area contributed by atoms with Crippen molar-refractivity contribution in [1.29, 1.82) is 0 Å². The first-order valence-electron chi connectivity index (χ1n) is 9.04. The smallest absolute Gasteiger partial charge is 0.259 e. The second kappa shape index (κ2) is 8.10. The molecule has 0 bridgehead atoms. The van der Waals surface area contributed by atoms with Gasteiger partial charge in [-0.2, -0.15) is 4.98 Å². The Kier molecular flexibility index (Phi) is 5.21. The summed E-state index contributed by atoms with van der Waals surface area (Å²) in [5, 5.41) is 4.09. The number of benzene rings is 1. The molecule has 1 fully saturated rings. The van der Waals surface area contributed by atoms with Crippen LogP contribution in [0.15, 0.2) is 53.2 Å². The van der Waals surface area contributed by atoms with E-state index in [0.717, 1.165) is 62.8 Å². The van der Waals surface area contributed by atoms with E-state index in [1.54, 1.807) is 6.20 Å². The molecule has 1 saturated heterocycles. The maximum absolute atomic E-state index is 5.49. The maximum atomic E-state index is 5.49. The Morgan fingerprint density at radius 2 is 1.88 bits per heavy atom. The lowest BCUT2D eigenvalue weighted by atomic mass is 10.1. The van der Waals surface area contributed by atoms with Gasteiger partial charge >= 0.3 is 0 Å². The zero-order valence-electron chi connectivity index (χ0n) is 14.7. The first kappa shape index (κ1) is 16.7. The van der Waals surface area contributed by atoms with Crippen LogP contribution < -0.4 is 4.90 Å². The normalized spacial score (nSPS) is 15.0. The highest BCUT2D eigenvalue weighted by molar-refractivity contribution is 5.54. The summed E-state index contributed by atoms with van der Waals surface area (Å²) in [6.07, 6.45) is 4.48. The molecule has 1 aliphatic heterocycles. The zero-order valence-corrected chi connectivity index (χ0v) is 14.7. The Morgan fingerprint density at radius 1 is 0.962 bits per heavy atom. The lowest BCUT2D eigenvalue weighted by molar-refractivity contribution is 0.152. The summed E-state index contributed by atoms with van der Waals surface area (Å²) >= 11 is 0. The van der Waals surface area contributed by atoms with Crippen molar-refractivity contribution in [2.24, 2.45) is 0 Å². The maximum Gasteiger partial charge on any atom is 0.259 e. The Hall–Kier alpha value is -2.73. The Labute approximate surface area is 152 Å². The van der Waals surface area contributed by atoms with Crippen LogP contribution in [0.1, 0.15) is 17.8 Å². The molecular weight excluding hydrogens is 328 g/mol. The molecule has 0 aliphatic carbocycles. The van der Waals surface area contributed by atoms with Crippen LogP contribution in [0.25, 0.3) is 11.5 Å². The molecule has 0 unspecified atom stereocenters. The molecule has 134 valence electrons. The monoisotopic (exact) mass is 350 g/mol. The summed E-state index contributed by atoms with van der Waals surface area (Å²) in [5.41, 5.74) is 2.12. The summed E-state index contributed by atoms with van der Waals surface area (Å²) in [7, 11) is 0. The van der Waals surface area contributed by atoms with Gasteiger partial charge in [0.2, 0.25) is 0 Å². The number of rotatable bonds is 5. The average Bonchev–Trinajstić information content (AvgIpc) is 3.01. The lowest BCUT2D eigenvalue weighted by Crippen LogP contribution is -2.26. The summed E-state index contributed by atoms with van der Waals surface area (Å²) < 4.78 is 10.9. The van der Waals surface area contributed by atoms with Crippen LogP contribution in [0, 0.1) is 0 Å². The average molecular weight is 350 g/mol. The number of anilines is 1. The number of aryl methyl sites for hydroxylation is 2. The van der Waals surface area contributed by atoms with Crippen molar-refractivity contribution in [2.45, 2.75) is 19.3 Å². The van der Waals surface area contributed by atoms with E-state index in [2.05, 4.69) is 32.2 Å². The van der Waals surface area contributed by atoms with Crippen molar-refractivity contribution in [3.63, 3.8) is 0 Å².